The molecule has 0 radical (unpaired) electrons. The molecule has 2 atom stereocenters. The van der Waals surface area contributed by atoms with Crippen LogP contribution in [0.1, 0.15) is 32.8 Å². The first-order chi connectivity index (χ1) is 8.38. The number of likely N-dealkylation sites (N-methyl/N-ethyl adjacent to an activating group) is 1. The fourth-order valence-electron chi connectivity index (χ4n) is 2.82. The van der Waals surface area contributed by atoms with Gasteiger partial charge < -0.3 is 10.6 Å². The minimum absolute atomic E-state index is 0.181. The van der Waals surface area contributed by atoms with E-state index in [2.05, 4.69) is 44.9 Å². The molecule has 0 aliphatic heterocycles. The molecule has 1 saturated carbocycles. The Kier molecular flexibility index (Phi) is 3.67. The number of nitrogens with zero attached hydrogens (tertiary/aromatic N) is 1. The van der Waals surface area contributed by atoms with Crippen molar-refractivity contribution in [2.45, 2.75) is 32.6 Å². The van der Waals surface area contributed by atoms with Gasteiger partial charge in [-0.05, 0) is 43.0 Å². The molecular weight excluding hydrogens is 220 g/mol. The summed E-state index contributed by atoms with van der Waals surface area (Å²) in [6, 6.07) is 8.31. The van der Waals surface area contributed by atoms with Gasteiger partial charge in [0.2, 0.25) is 0 Å². The standard InChI is InChI=1S/C16H26N2/c1-12-9-13(12)10-18(4)11-16(2,3)14-5-7-15(17)8-6-14/h5-8,12-13H,9-11,17H2,1-4H3. The average Bonchev–Trinajstić information content (AvgIpc) is 2.93. The van der Waals surface area contributed by atoms with Gasteiger partial charge in [0, 0.05) is 24.2 Å². The second-order valence-electron chi connectivity index (χ2n) is 6.68. The molecule has 1 fully saturated rings. The fourth-order valence-corrected chi connectivity index (χ4v) is 2.82. The third-order valence-corrected chi connectivity index (χ3v) is 4.18. The third kappa shape index (κ3) is 3.26. The molecule has 0 aromatic heterocycles. The molecular formula is C16H26N2. The molecule has 1 aromatic carbocycles. The number of hydrogen-bond acceptors (Lipinski definition) is 2. The van der Waals surface area contributed by atoms with E-state index in [1.165, 1.54) is 18.5 Å². The molecule has 1 aliphatic carbocycles. The first kappa shape index (κ1) is 13.4. The molecule has 1 aromatic rings. The first-order valence-electron chi connectivity index (χ1n) is 6.93. The zero-order chi connectivity index (χ0) is 13.3. The van der Waals surface area contributed by atoms with Gasteiger partial charge in [-0.15, -0.1) is 0 Å². The lowest BCUT2D eigenvalue weighted by molar-refractivity contribution is 0.255. The molecule has 2 rings (SSSR count). The molecule has 2 heteroatoms. The van der Waals surface area contributed by atoms with Crippen LogP contribution in [0.5, 0.6) is 0 Å². The molecule has 18 heavy (non-hydrogen) atoms. The molecule has 0 amide bonds. The summed E-state index contributed by atoms with van der Waals surface area (Å²) in [5.41, 5.74) is 8.14. The van der Waals surface area contributed by atoms with E-state index in [1.54, 1.807) is 0 Å². The molecule has 2 unspecified atom stereocenters. The molecule has 0 spiro atoms. The van der Waals surface area contributed by atoms with Crippen molar-refractivity contribution in [1.82, 2.24) is 4.90 Å². The van der Waals surface area contributed by atoms with Gasteiger partial charge in [-0.3, -0.25) is 0 Å². The summed E-state index contributed by atoms with van der Waals surface area (Å²) in [4.78, 5) is 2.48. The van der Waals surface area contributed by atoms with Crippen LogP contribution in [0.4, 0.5) is 5.69 Å². The lowest BCUT2D eigenvalue weighted by Crippen LogP contribution is -2.35. The predicted molar refractivity (Wildman–Crippen MR) is 78.6 cm³/mol. The van der Waals surface area contributed by atoms with Crippen molar-refractivity contribution < 1.29 is 0 Å². The SMILES string of the molecule is CC1CC1CN(C)CC(C)(C)c1ccc(N)cc1. The lowest BCUT2D eigenvalue weighted by atomic mass is 9.84. The van der Waals surface area contributed by atoms with Gasteiger partial charge in [-0.1, -0.05) is 32.9 Å². The van der Waals surface area contributed by atoms with E-state index in [9.17, 15) is 0 Å². The summed E-state index contributed by atoms with van der Waals surface area (Å²) in [5.74, 6) is 1.87. The monoisotopic (exact) mass is 246 g/mol. The Morgan fingerprint density at radius 3 is 2.33 bits per heavy atom. The molecule has 100 valence electrons. The van der Waals surface area contributed by atoms with Crippen molar-refractivity contribution in [3.05, 3.63) is 29.8 Å². The summed E-state index contributed by atoms with van der Waals surface area (Å²) < 4.78 is 0. The first-order valence-corrected chi connectivity index (χ1v) is 6.93. The smallest absolute Gasteiger partial charge is 0.0314 e. The van der Waals surface area contributed by atoms with Crippen LogP contribution in [0.15, 0.2) is 24.3 Å². The van der Waals surface area contributed by atoms with Crippen molar-refractivity contribution in [3.63, 3.8) is 0 Å². The summed E-state index contributed by atoms with van der Waals surface area (Å²) in [7, 11) is 2.24. The highest BCUT2D eigenvalue weighted by molar-refractivity contribution is 5.41. The van der Waals surface area contributed by atoms with Gasteiger partial charge in [-0.25, -0.2) is 0 Å². The van der Waals surface area contributed by atoms with Crippen LogP contribution in [-0.4, -0.2) is 25.0 Å². The highest BCUT2D eigenvalue weighted by Crippen LogP contribution is 2.38. The molecule has 0 heterocycles. The van der Waals surface area contributed by atoms with Crippen molar-refractivity contribution in [2.75, 3.05) is 25.9 Å². The van der Waals surface area contributed by atoms with Crippen LogP contribution < -0.4 is 5.73 Å². The number of nitrogens with two attached hydrogens (primary N) is 1. The van der Waals surface area contributed by atoms with E-state index in [0.29, 0.717) is 0 Å². The predicted octanol–water partition coefficient (Wildman–Crippen LogP) is 3.13. The zero-order valence-corrected chi connectivity index (χ0v) is 12.1. The highest BCUT2D eigenvalue weighted by Gasteiger charge is 2.34. The summed E-state index contributed by atoms with van der Waals surface area (Å²) >= 11 is 0. The van der Waals surface area contributed by atoms with Crippen molar-refractivity contribution >= 4 is 5.69 Å². The van der Waals surface area contributed by atoms with Gasteiger partial charge in [0.15, 0.2) is 0 Å². The van der Waals surface area contributed by atoms with Crippen LogP contribution in [-0.2, 0) is 5.41 Å². The Morgan fingerprint density at radius 2 is 1.83 bits per heavy atom. The maximum absolute atomic E-state index is 5.75. The maximum atomic E-state index is 5.75. The number of benzene rings is 1. The Hall–Kier alpha value is -1.02. The van der Waals surface area contributed by atoms with Gasteiger partial charge in [0.05, 0.1) is 0 Å². The number of rotatable bonds is 5. The van der Waals surface area contributed by atoms with E-state index in [-0.39, 0.29) is 5.41 Å². The Labute approximate surface area is 111 Å². The normalized spacial score (nSPS) is 23.4. The third-order valence-electron chi connectivity index (χ3n) is 4.18. The van der Waals surface area contributed by atoms with Crippen molar-refractivity contribution in [1.29, 1.82) is 0 Å². The fraction of sp³-hybridized carbons (Fsp3) is 0.625. The van der Waals surface area contributed by atoms with Gasteiger partial charge in [0.25, 0.3) is 0 Å². The molecule has 0 saturated heterocycles. The maximum Gasteiger partial charge on any atom is 0.0314 e. The zero-order valence-electron chi connectivity index (χ0n) is 12.1. The average molecular weight is 246 g/mol. The number of nitrogen functional groups attached to an aromatic ring is 1. The van der Waals surface area contributed by atoms with E-state index in [0.717, 1.165) is 24.1 Å². The van der Waals surface area contributed by atoms with E-state index >= 15 is 0 Å². The Morgan fingerprint density at radius 1 is 1.28 bits per heavy atom. The number of anilines is 1. The minimum Gasteiger partial charge on any atom is -0.399 e. The largest absolute Gasteiger partial charge is 0.399 e. The Bertz CT molecular complexity index is 394. The van der Waals surface area contributed by atoms with Gasteiger partial charge in [-0.2, -0.15) is 0 Å². The van der Waals surface area contributed by atoms with Crippen LogP contribution >= 0.6 is 0 Å². The van der Waals surface area contributed by atoms with Gasteiger partial charge in [0.1, 0.15) is 0 Å². The topological polar surface area (TPSA) is 29.3 Å². The lowest BCUT2D eigenvalue weighted by Gasteiger charge is -2.31. The van der Waals surface area contributed by atoms with Crippen LogP contribution in [0.25, 0.3) is 0 Å². The van der Waals surface area contributed by atoms with Crippen LogP contribution in [0.2, 0.25) is 0 Å². The molecule has 2 N–H and O–H groups in total. The van der Waals surface area contributed by atoms with Crippen molar-refractivity contribution in [2.24, 2.45) is 11.8 Å². The minimum atomic E-state index is 0.181. The molecule has 0 bridgehead atoms. The summed E-state index contributed by atoms with van der Waals surface area (Å²) in [6.45, 7) is 9.31. The summed E-state index contributed by atoms with van der Waals surface area (Å²) in [6.07, 6.45) is 1.41. The van der Waals surface area contributed by atoms with Crippen LogP contribution in [0, 0.1) is 11.8 Å². The van der Waals surface area contributed by atoms with E-state index in [4.69, 9.17) is 5.73 Å². The quantitative estimate of drug-likeness (QED) is 0.809. The van der Waals surface area contributed by atoms with Crippen molar-refractivity contribution in [3.8, 4) is 0 Å². The second kappa shape index (κ2) is 4.93. The summed E-state index contributed by atoms with van der Waals surface area (Å²) in [5, 5.41) is 0. The highest BCUT2D eigenvalue weighted by atomic mass is 15.1. The number of hydrogen-bond donors (Lipinski definition) is 1. The van der Waals surface area contributed by atoms with E-state index < -0.39 is 0 Å². The molecule has 2 nitrogen and oxygen atoms in total. The Balaban J connectivity index is 1.95. The molecule has 1 aliphatic rings. The van der Waals surface area contributed by atoms with Crippen LogP contribution in [0.3, 0.4) is 0 Å². The van der Waals surface area contributed by atoms with Gasteiger partial charge >= 0.3 is 0 Å². The second-order valence-corrected chi connectivity index (χ2v) is 6.68. The van der Waals surface area contributed by atoms with E-state index in [1.807, 2.05) is 12.1 Å².